The maximum absolute atomic E-state index is 10.3. The van der Waals surface area contributed by atoms with E-state index in [0.717, 1.165) is 0 Å². The van der Waals surface area contributed by atoms with Crippen LogP contribution in [0, 0.1) is 0 Å². The zero-order valence-electron chi connectivity index (χ0n) is 9.09. The second kappa shape index (κ2) is 6.79. The zero-order chi connectivity index (χ0) is 11.5. The first kappa shape index (κ1) is 16.2. The van der Waals surface area contributed by atoms with Crippen LogP contribution in [0.15, 0.2) is 18.2 Å². The first-order valence-electron chi connectivity index (χ1n) is 3.83. The molecule has 1 aromatic rings. The second-order valence-electron chi connectivity index (χ2n) is 2.54. The second-order valence-corrected chi connectivity index (χ2v) is 3.52. The van der Waals surface area contributed by atoms with E-state index in [1.54, 1.807) is 0 Å². The maximum atomic E-state index is 10.3. The SMILES string of the molecule is COc1cc(OC)cc(OS(=O)(=O)[O-])c1.[K+]. The van der Waals surface area contributed by atoms with Gasteiger partial charge in [-0.3, -0.25) is 0 Å². The third-order valence-electron chi connectivity index (χ3n) is 1.52. The molecule has 0 spiro atoms. The molecule has 84 valence electrons. The van der Waals surface area contributed by atoms with Gasteiger partial charge in [-0.05, 0) is 0 Å². The van der Waals surface area contributed by atoms with Crippen LogP contribution >= 0.6 is 0 Å². The van der Waals surface area contributed by atoms with Crippen molar-refractivity contribution in [2.75, 3.05) is 14.2 Å². The Morgan fingerprint density at radius 2 is 1.38 bits per heavy atom. The Morgan fingerprint density at radius 1 is 1.00 bits per heavy atom. The Morgan fingerprint density at radius 3 is 1.69 bits per heavy atom. The summed E-state index contributed by atoms with van der Waals surface area (Å²) in [6.45, 7) is 0. The molecule has 8 heteroatoms. The van der Waals surface area contributed by atoms with Crippen LogP contribution in [-0.2, 0) is 10.4 Å². The van der Waals surface area contributed by atoms with Crippen LogP contribution in [-0.4, -0.2) is 27.2 Å². The summed E-state index contributed by atoms with van der Waals surface area (Å²) in [5.74, 6) is 0.502. The third-order valence-corrected chi connectivity index (χ3v) is 1.92. The average molecular weight is 272 g/mol. The van der Waals surface area contributed by atoms with Crippen LogP contribution in [0.2, 0.25) is 0 Å². The molecule has 0 saturated carbocycles. The standard InChI is InChI=1S/C8H10O6S.K/c1-12-6-3-7(13-2)5-8(4-6)14-15(9,10)11;/h3-5H,1-2H3,(H,9,10,11);/q;+1/p-1. The van der Waals surface area contributed by atoms with Crippen molar-refractivity contribution < 1.29 is 78.0 Å². The summed E-state index contributed by atoms with van der Waals surface area (Å²) >= 11 is 0. The molecular weight excluding hydrogens is 263 g/mol. The fourth-order valence-electron chi connectivity index (χ4n) is 0.947. The van der Waals surface area contributed by atoms with E-state index < -0.39 is 10.4 Å². The molecule has 0 saturated heterocycles. The molecule has 0 unspecified atom stereocenters. The zero-order valence-corrected chi connectivity index (χ0v) is 13.0. The Kier molecular flexibility index (Phi) is 6.86. The van der Waals surface area contributed by atoms with Gasteiger partial charge in [0.15, 0.2) is 0 Å². The molecule has 0 amide bonds. The van der Waals surface area contributed by atoms with Gasteiger partial charge in [-0.25, -0.2) is 8.42 Å². The summed E-state index contributed by atoms with van der Waals surface area (Å²) < 4.78 is 44.9. The number of rotatable bonds is 4. The first-order valence-corrected chi connectivity index (χ1v) is 5.16. The van der Waals surface area contributed by atoms with E-state index in [0.29, 0.717) is 11.5 Å². The number of methoxy groups -OCH3 is 2. The van der Waals surface area contributed by atoms with Gasteiger partial charge in [0.25, 0.3) is 10.4 Å². The van der Waals surface area contributed by atoms with Crippen molar-refractivity contribution >= 4 is 10.4 Å². The van der Waals surface area contributed by atoms with E-state index in [1.165, 1.54) is 32.4 Å². The third kappa shape index (κ3) is 5.48. The topological polar surface area (TPSA) is 84.9 Å². The summed E-state index contributed by atoms with van der Waals surface area (Å²) in [7, 11) is -2.00. The average Bonchev–Trinajstić information content (AvgIpc) is 2.14. The van der Waals surface area contributed by atoms with E-state index in [-0.39, 0.29) is 57.1 Å². The first-order chi connectivity index (χ1) is 6.94. The Balaban J connectivity index is 0.00000225. The van der Waals surface area contributed by atoms with Crippen molar-refractivity contribution in [2.45, 2.75) is 0 Å². The molecule has 1 aromatic carbocycles. The monoisotopic (exact) mass is 272 g/mol. The predicted octanol–water partition coefficient (Wildman–Crippen LogP) is -2.45. The molecule has 0 aliphatic carbocycles. The molecule has 6 nitrogen and oxygen atoms in total. The minimum Gasteiger partial charge on any atom is -0.716 e. The molecule has 16 heavy (non-hydrogen) atoms. The maximum Gasteiger partial charge on any atom is 1.00 e. The van der Waals surface area contributed by atoms with Crippen molar-refractivity contribution in [2.24, 2.45) is 0 Å². The summed E-state index contributed by atoms with van der Waals surface area (Å²) in [5.41, 5.74) is 0. The van der Waals surface area contributed by atoms with Gasteiger partial charge in [0.2, 0.25) is 0 Å². The van der Waals surface area contributed by atoms with Gasteiger partial charge >= 0.3 is 51.4 Å². The fraction of sp³-hybridized carbons (Fsp3) is 0.250. The van der Waals surface area contributed by atoms with Crippen LogP contribution < -0.4 is 65.0 Å². The largest absolute Gasteiger partial charge is 1.00 e. The molecule has 0 N–H and O–H groups in total. The van der Waals surface area contributed by atoms with Crippen molar-refractivity contribution in [1.29, 1.82) is 0 Å². The van der Waals surface area contributed by atoms with E-state index in [9.17, 15) is 13.0 Å². The number of hydrogen-bond donors (Lipinski definition) is 0. The van der Waals surface area contributed by atoms with Crippen LogP contribution in [0.4, 0.5) is 0 Å². The fourth-order valence-corrected chi connectivity index (χ4v) is 1.28. The van der Waals surface area contributed by atoms with Gasteiger partial charge in [-0.1, -0.05) is 0 Å². The predicted molar refractivity (Wildman–Crippen MR) is 49.9 cm³/mol. The van der Waals surface area contributed by atoms with E-state index in [4.69, 9.17) is 9.47 Å². The van der Waals surface area contributed by atoms with Gasteiger partial charge < -0.3 is 18.2 Å². The Labute approximate surface area is 136 Å². The molecule has 0 heterocycles. The molecule has 0 atom stereocenters. The molecule has 0 bridgehead atoms. The van der Waals surface area contributed by atoms with Crippen molar-refractivity contribution in [1.82, 2.24) is 0 Å². The van der Waals surface area contributed by atoms with Gasteiger partial charge in [-0.2, -0.15) is 0 Å². The van der Waals surface area contributed by atoms with Crippen LogP contribution in [0.3, 0.4) is 0 Å². The van der Waals surface area contributed by atoms with E-state index in [2.05, 4.69) is 4.18 Å². The van der Waals surface area contributed by atoms with Crippen molar-refractivity contribution in [3.8, 4) is 17.2 Å². The van der Waals surface area contributed by atoms with Crippen LogP contribution in [0.5, 0.6) is 17.2 Å². The van der Waals surface area contributed by atoms with E-state index in [1.807, 2.05) is 0 Å². The van der Waals surface area contributed by atoms with E-state index >= 15 is 0 Å². The van der Waals surface area contributed by atoms with Crippen molar-refractivity contribution in [3.63, 3.8) is 0 Å². The molecular formula is C8H9KO6S. The summed E-state index contributed by atoms with van der Waals surface area (Å²) in [6.07, 6.45) is 0. The Hall–Kier alpha value is 0.166. The number of hydrogen-bond acceptors (Lipinski definition) is 6. The van der Waals surface area contributed by atoms with Gasteiger partial charge in [-0.15, -0.1) is 0 Å². The molecule has 0 aromatic heterocycles. The summed E-state index contributed by atoms with van der Waals surface area (Å²) in [5, 5.41) is 0. The molecule has 0 fully saturated rings. The minimum atomic E-state index is -4.79. The van der Waals surface area contributed by atoms with Gasteiger partial charge in [0.1, 0.15) is 17.2 Å². The number of benzene rings is 1. The van der Waals surface area contributed by atoms with Crippen LogP contribution in [0.1, 0.15) is 0 Å². The molecule has 0 aliphatic heterocycles. The van der Waals surface area contributed by atoms with Gasteiger partial charge in [0, 0.05) is 18.2 Å². The number of ether oxygens (including phenoxy) is 2. The molecule has 0 aliphatic rings. The van der Waals surface area contributed by atoms with Crippen molar-refractivity contribution in [3.05, 3.63) is 18.2 Å². The Bertz CT molecular complexity index is 422. The quantitative estimate of drug-likeness (QED) is 0.343. The molecule has 0 radical (unpaired) electrons. The van der Waals surface area contributed by atoms with Gasteiger partial charge in [0.05, 0.1) is 14.2 Å². The summed E-state index contributed by atoms with van der Waals surface area (Å²) in [6, 6.07) is 4.04. The van der Waals surface area contributed by atoms with Crippen LogP contribution in [0.25, 0.3) is 0 Å². The summed E-state index contributed by atoms with van der Waals surface area (Å²) in [4.78, 5) is 0. The molecule has 1 rings (SSSR count). The minimum absolute atomic E-state index is 0. The smallest absolute Gasteiger partial charge is 0.716 e. The normalized spacial score (nSPS) is 10.2.